The lowest BCUT2D eigenvalue weighted by Crippen LogP contribution is -1.99. The first-order valence-electron chi connectivity index (χ1n) is 3.90. The number of Topliss-reactive ketones (excluding diaryl/α,β-unsaturated/α-hetero) is 1. The molecule has 0 spiro atoms. The molecular formula is C9H6BrNO2S. The minimum absolute atomic E-state index is 0.0451. The van der Waals surface area contributed by atoms with Crippen molar-refractivity contribution in [2.24, 2.45) is 0 Å². The van der Waals surface area contributed by atoms with Crippen molar-refractivity contribution in [3.63, 3.8) is 0 Å². The summed E-state index contributed by atoms with van der Waals surface area (Å²) in [6.45, 7) is 0. The van der Waals surface area contributed by atoms with E-state index in [0.29, 0.717) is 16.7 Å². The van der Waals surface area contributed by atoms with E-state index >= 15 is 0 Å². The maximum atomic E-state index is 11.6. The molecular weight excluding hydrogens is 266 g/mol. The summed E-state index contributed by atoms with van der Waals surface area (Å²) in [6.07, 6.45) is 3.54. The third kappa shape index (κ3) is 2.10. The Morgan fingerprint density at radius 1 is 1.64 bits per heavy atom. The van der Waals surface area contributed by atoms with Crippen LogP contribution in [0.25, 0.3) is 0 Å². The van der Waals surface area contributed by atoms with Crippen LogP contribution in [0.5, 0.6) is 0 Å². The molecule has 0 aromatic carbocycles. The van der Waals surface area contributed by atoms with Crippen LogP contribution >= 0.6 is 27.3 Å². The number of thiazole rings is 1. The van der Waals surface area contributed by atoms with Crippen LogP contribution in [0.15, 0.2) is 33.1 Å². The third-order valence-corrected chi connectivity index (χ3v) is 2.90. The van der Waals surface area contributed by atoms with E-state index in [2.05, 4.69) is 20.9 Å². The molecule has 0 aliphatic rings. The molecule has 0 bridgehead atoms. The van der Waals surface area contributed by atoms with E-state index in [1.54, 1.807) is 17.8 Å². The smallest absolute Gasteiger partial charge is 0.171 e. The molecule has 72 valence electrons. The summed E-state index contributed by atoms with van der Waals surface area (Å²) >= 11 is 4.63. The van der Waals surface area contributed by atoms with Gasteiger partial charge in [0.25, 0.3) is 0 Å². The molecule has 0 amide bonds. The molecule has 0 N–H and O–H groups in total. The molecule has 0 radical (unpaired) electrons. The molecule has 2 heterocycles. The highest BCUT2D eigenvalue weighted by atomic mass is 79.9. The van der Waals surface area contributed by atoms with Crippen molar-refractivity contribution in [3.8, 4) is 0 Å². The second kappa shape index (κ2) is 4.06. The average molecular weight is 272 g/mol. The molecule has 3 nitrogen and oxygen atoms in total. The van der Waals surface area contributed by atoms with Crippen LogP contribution in [0.2, 0.25) is 0 Å². The summed E-state index contributed by atoms with van der Waals surface area (Å²) in [5.41, 5.74) is 2.30. The van der Waals surface area contributed by atoms with Gasteiger partial charge in [-0.05, 0) is 15.9 Å². The fraction of sp³-hybridized carbons (Fsp3) is 0.111. The van der Waals surface area contributed by atoms with Crippen molar-refractivity contribution in [1.82, 2.24) is 4.98 Å². The van der Waals surface area contributed by atoms with Crippen molar-refractivity contribution < 1.29 is 9.21 Å². The molecule has 0 saturated heterocycles. The second-order valence-corrected chi connectivity index (χ2v) is 4.46. The summed E-state index contributed by atoms with van der Waals surface area (Å²) in [5, 5.41) is 0. The summed E-state index contributed by atoms with van der Waals surface area (Å²) in [4.78, 5) is 16.5. The lowest BCUT2D eigenvalue weighted by atomic mass is 10.1. The van der Waals surface area contributed by atoms with Gasteiger partial charge in [-0.25, -0.2) is 0 Å². The fourth-order valence-electron chi connectivity index (χ4n) is 1.05. The van der Waals surface area contributed by atoms with Gasteiger partial charge in [-0.1, -0.05) is 0 Å². The Morgan fingerprint density at radius 2 is 2.50 bits per heavy atom. The number of halogens is 1. The van der Waals surface area contributed by atoms with Gasteiger partial charge < -0.3 is 4.42 Å². The van der Waals surface area contributed by atoms with E-state index in [1.165, 1.54) is 17.6 Å². The van der Waals surface area contributed by atoms with Gasteiger partial charge >= 0.3 is 0 Å². The van der Waals surface area contributed by atoms with Crippen LogP contribution in [0, 0.1) is 0 Å². The Morgan fingerprint density at radius 3 is 3.07 bits per heavy atom. The second-order valence-electron chi connectivity index (χ2n) is 2.71. The third-order valence-electron chi connectivity index (χ3n) is 1.71. The van der Waals surface area contributed by atoms with Gasteiger partial charge in [0.1, 0.15) is 6.26 Å². The zero-order valence-corrected chi connectivity index (χ0v) is 9.47. The molecule has 0 saturated carbocycles. The molecule has 0 aliphatic carbocycles. The molecule has 14 heavy (non-hydrogen) atoms. The van der Waals surface area contributed by atoms with Gasteiger partial charge in [0, 0.05) is 23.6 Å². The van der Waals surface area contributed by atoms with Crippen LogP contribution in [-0.4, -0.2) is 10.8 Å². The molecule has 5 heteroatoms. The van der Waals surface area contributed by atoms with Gasteiger partial charge in [-0.2, -0.15) is 0 Å². The summed E-state index contributed by atoms with van der Waals surface area (Å²) in [6, 6.07) is 1.67. The minimum Gasteiger partial charge on any atom is -0.457 e. The summed E-state index contributed by atoms with van der Waals surface area (Å²) < 4.78 is 5.56. The predicted molar refractivity (Wildman–Crippen MR) is 56.6 cm³/mol. The summed E-state index contributed by atoms with van der Waals surface area (Å²) in [5.74, 6) is 0.0451. The van der Waals surface area contributed by atoms with E-state index in [-0.39, 0.29) is 5.78 Å². The molecule has 0 fully saturated rings. The van der Waals surface area contributed by atoms with Gasteiger partial charge in [0.15, 0.2) is 10.5 Å². The number of hydrogen-bond donors (Lipinski definition) is 0. The first kappa shape index (κ1) is 9.61. The highest BCUT2D eigenvalue weighted by Gasteiger charge is 2.10. The normalized spacial score (nSPS) is 10.4. The Balaban J connectivity index is 2.10. The zero-order chi connectivity index (χ0) is 9.97. The lowest BCUT2D eigenvalue weighted by molar-refractivity contribution is 0.0993. The number of hydrogen-bond acceptors (Lipinski definition) is 4. The van der Waals surface area contributed by atoms with Crippen LogP contribution in [0.1, 0.15) is 15.2 Å². The Labute approximate surface area is 92.9 Å². The number of furan rings is 1. The number of ketones is 1. The standard InChI is InChI=1S/C9H6BrNO2S/c10-9-1-6(4-13-9)8(12)2-7-3-11-5-14-7/h1,3-5H,2H2. The largest absolute Gasteiger partial charge is 0.457 e. The van der Waals surface area contributed by atoms with E-state index in [4.69, 9.17) is 4.42 Å². The maximum absolute atomic E-state index is 11.6. The predicted octanol–water partition coefficient (Wildman–Crippen LogP) is 2.92. The van der Waals surface area contributed by atoms with Crippen LogP contribution in [0.4, 0.5) is 0 Å². The fourth-order valence-corrected chi connectivity index (χ4v) is 1.98. The quantitative estimate of drug-likeness (QED) is 0.807. The highest BCUT2D eigenvalue weighted by molar-refractivity contribution is 9.10. The van der Waals surface area contributed by atoms with Crippen LogP contribution in [0.3, 0.4) is 0 Å². The van der Waals surface area contributed by atoms with E-state index < -0.39 is 0 Å². The Bertz CT molecular complexity index is 435. The monoisotopic (exact) mass is 271 g/mol. The number of rotatable bonds is 3. The zero-order valence-electron chi connectivity index (χ0n) is 7.07. The number of aromatic nitrogens is 1. The SMILES string of the molecule is O=C(Cc1cncs1)c1coc(Br)c1. The first-order chi connectivity index (χ1) is 6.75. The molecule has 2 aromatic heterocycles. The molecule has 2 aromatic rings. The van der Waals surface area contributed by atoms with Crippen molar-refractivity contribution in [3.05, 3.63) is 39.1 Å². The van der Waals surface area contributed by atoms with Gasteiger partial charge in [-0.15, -0.1) is 11.3 Å². The Kier molecular flexibility index (Phi) is 2.79. The van der Waals surface area contributed by atoms with Crippen molar-refractivity contribution in [2.45, 2.75) is 6.42 Å². The van der Waals surface area contributed by atoms with Gasteiger partial charge in [0.2, 0.25) is 0 Å². The first-order valence-corrected chi connectivity index (χ1v) is 5.57. The number of carbonyl (C=O) groups excluding carboxylic acids is 1. The van der Waals surface area contributed by atoms with Crippen molar-refractivity contribution >= 4 is 33.0 Å². The van der Waals surface area contributed by atoms with Crippen LogP contribution < -0.4 is 0 Å². The summed E-state index contributed by atoms with van der Waals surface area (Å²) in [7, 11) is 0. The highest BCUT2D eigenvalue weighted by Crippen LogP contribution is 2.17. The van der Waals surface area contributed by atoms with E-state index in [9.17, 15) is 4.79 Å². The maximum Gasteiger partial charge on any atom is 0.171 e. The molecule has 0 atom stereocenters. The topological polar surface area (TPSA) is 43.1 Å². The Hall–Kier alpha value is -0.940. The van der Waals surface area contributed by atoms with Crippen molar-refractivity contribution in [2.75, 3.05) is 0 Å². The minimum atomic E-state index is 0.0451. The molecule has 0 unspecified atom stereocenters. The number of carbonyl (C=O) groups is 1. The molecule has 0 aliphatic heterocycles. The van der Waals surface area contributed by atoms with Crippen LogP contribution in [-0.2, 0) is 6.42 Å². The van der Waals surface area contributed by atoms with Gasteiger partial charge in [-0.3, -0.25) is 9.78 Å². The average Bonchev–Trinajstić information content (AvgIpc) is 2.75. The number of nitrogens with zero attached hydrogens (tertiary/aromatic N) is 1. The molecule has 2 rings (SSSR count). The lowest BCUT2D eigenvalue weighted by Gasteiger charge is -1.91. The van der Waals surface area contributed by atoms with E-state index in [0.717, 1.165) is 4.88 Å². The van der Waals surface area contributed by atoms with E-state index in [1.807, 2.05) is 0 Å². The van der Waals surface area contributed by atoms with Gasteiger partial charge in [0.05, 0.1) is 11.1 Å². The van der Waals surface area contributed by atoms with Crippen molar-refractivity contribution in [1.29, 1.82) is 0 Å².